The number of amides is 1. The van der Waals surface area contributed by atoms with Gasteiger partial charge < -0.3 is 16.2 Å². The van der Waals surface area contributed by atoms with Gasteiger partial charge in [-0.1, -0.05) is 20.3 Å². The second-order valence-electron chi connectivity index (χ2n) is 3.93. The monoisotopic (exact) mass is 216 g/mol. The van der Waals surface area contributed by atoms with Gasteiger partial charge in [-0.3, -0.25) is 4.79 Å². The highest BCUT2D eigenvalue weighted by atomic mass is 16.3. The second-order valence-corrected chi connectivity index (χ2v) is 3.93. The number of aliphatic hydroxyl groups is 1. The van der Waals surface area contributed by atoms with E-state index in [1.54, 1.807) is 0 Å². The fourth-order valence-corrected chi connectivity index (χ4v) is 1.50. The Kier molecular flexibility index (Phi) is 8.33. The third-order valence-corrected chi connectivity index (χ3v) is 2.58. The van der Waals surface area contributed by atoms with Crippen LogP contribution in [-0.2, 0) is 4.79 Å². The number of hydrogen-bond donors (Lipinski definition) is 3. The van der Waals surface area contributed by atoms with Gasteiger partial charge in [-0.25, -0.2) is 0 Å². The number of nitrogens with two attached hydrogens (primary N) is 1. The summed E-state index contributed by atoms with van der Waals surface area (Å²) >= 11 is 0. The van der Waals surface area contributed by atoms with Gasteiger partial charge in [0.25, 0.3) is 0 Å². The standard InChI is InChI=1S/C11H24N2O2/c1-3-5-9(6-7-14)8-13-11(15)10(12)4-2/h9-10,14H,3-8,12H2,1-2H3,(H,13,15)/t9?,10-/m0/s1. The van der Waals surface area contributed by atoms with Crippen LogP contribution in [0, 0.1) is 5.92 Å². The summed E-state index contributed by atoms with van der Waals surface area (Å²) in [6.45, 7) is 4.80. The number of carbonyl (C=O) groups is 1. The predicted molar refractivity (Wildman–Crippen MR) is 61.4 cm³/mol. The van der Waals surface area contributed by atoms with E-state index >= 15 is 0 Å². The predicted octanol–water partition coefficient (Wildman–Crippen LogP) is 0.639. The van der Waals surface area contributed by atoms with Gasteiger partial charge in [0.15, 0.2) is 0 Å². The zero-order valence-corrected chi connectivity index (χ0v) is 9.83. The van der Waals surface area contributed by atoms with E-state index in [0.717, 1.165) is 19.3 Å². The minimum Gasteiger partial charge on any atom is -0.396 e. The minimum atomic E-state index is -0.401. The normalized spacial score (nSPS) is 14.7. The zero-order valence-electron chi connectivity index (χ0n) is 9.83. The Morgan fingerprint density at radius 2 is 2.07 bits per heavy atom. The van der Waals surface area contributed by atoms with Crippen LogP contribution >= 0.6 is 0 Å². The fraction of sp³-hybridized carbons (Fsp3) is 0.909. The number of hydrogen-bond acceptors (Lipinski definition) is 3. The molecular weight excluding hydrogens is 192 g/mol. The molecule has 0 bridgehead atoms. The number of carbonyl (C=O) groups excluding carboxylic acids is 1. The third-order valence-electron chi connectivity index (χ3n) is 2.58. The van der Waals surface area contributed by atoms with Gasteiger partial charge in [0.2, 0.25) is 5.91 Å². The van der Waals surface area contributed by atoms with Crippen LogP contribution in [-0.4, -0.2) is 30.2 Å². The van der Waals surface area contributed by atoms with E-state index in [4.69, 9.17) is 10.8 Å². The Morgan fingerprint density at radius 3 is 2.53 bits per heavy atom. The van der Waals surface area contributed by atoms with Crippen LogP contribution in [0.5, 0.6) is 0 Å². The highest BCUT2D eigenvalue weighted by Gasteiger charge is 2.13. The van der Waals surface area contributed by atoms with Crippen LogP contribution in [0.25, 0.3) is 0 Å². The lowest BCUT2D eigenvalue weighted by Crippen LogP contribution is -2.42. The molecule has 0 rings (SSSR count). The van der Waals surface area contributed by atoms with Crippen molar-refractivity contribution in [2.24, 2.45) is 11.7 Å². The number of nitrogens with one attached hydrogen (secondary N) is 1. The Hall–Kier alpha value is -0.610. The van der Waals surface area contributed by atoms with Gasteiger partial charge in [0.1, 0.15) is 0 Å². The zero-order chi connectivity index (χ0) is 11.7. The SMILES string of the molecule is CCCC(CCO)CNC(=O)[C@@H](N)CC. The quantitative estimate of drug-likeness (QED) is 0.557. The van der Waals surface area contributed by atoms with Gasteiger partial charge in [0.05, 0.1) is 6.04 Å². The van der Waals surface area contributed by atoms with Crippen LogP contribution in [0.1, 0.15) is 39.5 Å². The average Bonchev–Trinajstić information content (AvgIpc) is 2.25. The minimum absolute atomic E-state index is 0.0865. The van der Waals surface area contributed by atoms with Crippen LogP contribution in [0.4, 0.5) is 0 Å². The van der Waals surface area contributed by atoms with Crippen molar-refractivity contribution in [2.75, 3.05) is 13.2 Å². The van der Waals surface area contributed by atoms with Crippen molar-refractivity contribution in [3.8, 4) is 0 Å². The molecule has 0 fully saturated rings. The van der Waals surface area contributed by atoms with Crippen molar-refractivity contribution >= 4 is 5.91 Å². The molecule has 0 aromatic rings. The molecule has 0 saturated carbocycles. The van der Waals surface area contributed by atoms with Crippen LogP contribution in [0.15, 0.2) is 0 Å². The average molecular weight is 216 g/mol. The first-order valence-corrected chi connectivity index (χ1v) is 5.79. The molecule has 15 heavy (non-hydrogen) atoms. The van der Waals surface area contributed by atoms with E-state index in [-0.39, 0.29) is 12.5 Å². The maximum absolute atomic E-state index is 11.4. The summed E-state index contributed by atoms with van der Waals surface area (Å²) in [5, 5.41) is 11.7. The summed E-state index contributed by atoms with van der Waals surface area (Å²) in [4.78, 5) is 11.4. The van der Waals surface area contributed by atoms with E-state index in [1.165, 1.54) is 0 Å². The van der Waals surface area contributed by atoms with Crippen molar-refractivity contribution < 1.29 is 9.90 Å². The molecule has 0 aliphatic carbocycles. The smallest absolute Gasteiger partial charge is 0.236 e. The largest absolute Gasteiger partial charge is 0.396 e. The second kappa shape index (κ2) is 8.68. The summed E-state index contributed by atoms with van der Waals surface area (Å²) in [7, 11) is 0. The van der Waals surface area contributed by atoms with Crippen LogP contribution in [0.3, 0.4) is 0 Å². The van der Waals surface area contributed by atoms with Crippen molar-refractivity contribution in [1.82, 2.24) is 5.32 Å². The van der Waals surface area contributed by atoms with E-state index < -0.39 is 6.04 Å². The Labute approximate surface area is 92.2 Å². The van der Waals surface area contributed by atoms with Gasteiger partial charge in [-0.2, -0.15) is 0 Å². The molecule has 90 valence electrons. The first kappa shape index (κ1) is 14.4. The van der Waals surface area contributed by atoms with Crippen LogP contribution < -0.4 is 11.1 Å². The fourth-order valence-electron chi connectivity index (χ4n) is 1.50. The lowest BCUT2D eigenvalue weighted by atomic mass is 10.00. The summed E-state index contributed by atoms with van der Waals surface area (Å²) < 4.78 is 0. The van der Waals surface area contributed by atoms with E-state index in [9.17, 15) is 4.79 Å². The molecule has 0 aliphatic heterocycles. The Morgan fingerprint density at radius 1 is 1.40 bits per heavy atom. The molecule has 0 saturated heterocycles. The van der Waals surface area contributed by atoms with E-state index in [2.05, 4.69) is 12.2 Å². The Balaban J connectivity index is 3.82. The van der Waals surface area contributed by atoms with Crippen molar-refractivity contribution in [1.29, 1.82) is 0 Å². The molecule has 0 aromatic heterocycles. The summed E-state index contributed by atoms with van der Waals surface area (Å²) in [5.74, 6) is 0.282. The molecular formula is C11H24N2O2. The van der Waals surface area contributed by atoms with Crippen molar-refractivity contribution in [3.63, 3.8) is 0 Å². The van der Waals surface area contributed by atoms with Gasteiger partial charge in [0, 0.05) is 13.2 Å². The summed E-state index contributed by atoms with van der Waals surface area (Å²) in [5.41, 5.74) is 5.59. The topological polar surface area (TPSA) is 75.3 Å². The molecule has 0 radical (unpaired) electrons. The maximum atomic E-state index is 11.4. The molecule has 0 spiro atoms. The summed E-state index contributed by atoms with van der Waals surface area (Å²) in [6.07, 6.45) is 3.50. The van der Waals surface area contributed by atoms with Crippen molar-refractivity contribution in [2.45, 2.75) is 45.6 Å². The highest BCUT2D eigenvalue weighted by molar-refractivity contribution is 5.81. The third kappa shape index (κ3) is 6.47. The molecule has 4 N–H and O–H groups in total. The highest BCUT2D eigenvalue weighted by Crippen LogP contribution is 2.09. The van der Waals surface area contributed by atoms with Gasteiger partial charge in [-0.15, -0.1) is 0 Å². The molecule has 1 unspecified atom stereocenters. The van der Waals surface area contributed by atoms with Crippen LogP contribution in [0.2, 0.25) is 0 Å². The molecule has 4 heteroatoms. The van der Waals surface area contributed by atoms with Gasteiger partial charge >= 0.3 is 0 Å². The molecule has 4 nitrogen and oxygen atoms in total. The van der Waals surface area contributed by atoms with Gasteiger partial charge in [-0.05, 0) is 25.2 Å². The molecule has 1 amide bonds. The summed E-state index contributed by atoms with van der Waals surface area (Å²) in [6, 6.07) is -0.401. The van der Waals surface area contributed by atoms with Crippen molar-refractivity contribution in [3.05, 3.63) is 0 Å². The first-order valence-electron chi connectivity index (χ1n) is 5.79. The number of rotatable bonds is 8. The lowest BCUT2D eigenvalue weighted by molar-refractivity contribution is -0.122. The van der Waals surface area contributed by atoms with E-state index in [1.807, 2.05) is 6.92 Å². The Bertz CT molecular complexity index is 168. The molecule has 0 heterocycles. The molecule has 2 atom stereocenters. The number of aliphatic hydroxyl groups excluding tert-OH is 1. The lowest BCUT2D eigenvalue weighted by Gasteiger charge is -2.17. The molecule has 0 aliphatic rings. The van der Waals surface area contributed by atoms with E-state index in [0.29, 0.717) is 18.9 Å². The maximum Gasteiger partial charge on any atom is 0.236 e. The first-order chi connectivity index (χ1) is 7.15. The molecule has 0 aromatic carbocycles.